The minimum atomic E-state index is 0. The maximum absolute atomic E-state index is 8.33. The summed E-state index contributed by atoms with van der Waals surface area (Å²) in [6.45, 7) is 0. The van der Waals surface area contributed by atoms with Crippen molar-refractivity contribution in [3.05, 3.63) is 0 Å². The Morgan fingerprint density at radius 3 is 1.25 bits per heavy atom. The summed E-state index contributed by atoms with van der Waals surface area (Å²) in [7, 11) is 0. The van der Waals surface area contributed by atoms with Gasteiger partial charge in [-0.3, -0.25) is 0 Å². The van der Waals surface area contributed by atoms with E-state index in [2.05, 4.69) is 0 Å². The maximum atomic E-state index is 8.33. The molecule has 0 fully saturated rings. The molecular weight excluding hydrogens is 262 g/mol. The Labute approximate surface area is 101 Å². The zero-order chi connectivity index (χ0) is 2.00. The van der Waals surface area contributed by atoms with Crippen molar-refractivity contribution >= 4 is 80.9 Å². The molecule has 0 aliphatic carbocycles. The third kappa shape index (κ3) is 8.93. The molecule has 0 spiro atoms. The molecule has 2 radical (unpaired) electrons. The van der Waals surface area contributed by atoms with Crippen LogP contribution in [-0.4, -0.2) is 80.9 Å². The van der Waals surface area contributed by atoms with Gasteiger partial charge >= 0.3 is 23.2 Å². The quantitative estimate of drug-likeness (QED) is 0.518. The second kappa shape index (κ2) is 16.5. The van der Waals surface area contributed by atoms with Crippen LogP contribution in [-0.2, 0) is 23.2 Å². The Morgan fingerprint density at radius 2 is 1.25 bits per heavy atom. The van der Waals surface area contributed by atoms with Crippen LogP contribution in [0.2, 0.25) is 0 Å². The number of hydrogen-bond donors (Lipinski definition) is 0. The molecule has 0 unspecified atom stereocenters. The monoisotopic (exact) mass is 262 g/mol. The molecule has 0 aromatic carbocycles. The van der Waals surface area contributed by atoms with E-state index >= 15 is 0 Å². The van der Waals surface area contributed by atoms with Crippen LogP contribution >= 0.6 is 0 Å². The standard InChI is InChI=1S/K.Na.O.W. The van der Waals surface area contributed by atoms with Gasteiger partial charge in [-0.1, -0.05) is 0 Å². The van der Waals surface area contributed by atoms with Gasteiger partial charge in [0.05, 0.1) is 0 Å². The van der Waals surface area contributed by atoms with E-state index in [-0.39, 0.29) is 80.9 Å². The summed E-state index contributed by atoms with van der Waals surface area (Å²) in [5.41, 5.74) is 0. The molecule has 1 nitrogen and oxygen atoms in total. The Morgan fingerprint density at radius 1 is 1.25 bits per heavy atom. The minimum absolute atomic E-state index is 0. The van der Waals surface area contributed by atoms with Gasteiger partial charge in [-0.15, -0.1) is 0 Å². The summed E-state index contributed by atoms with van der Waals surface area (Å²) < 4.78 is 8.33. The van der Waals surface area contributed by atoms with E-state index in [0.717, 1.165) is 0 Å². The second-order valence-corrected chi connectivity index (χ2v) is 0. The first-order valence-corrected chi connectivity index (χ1v) is 1.36. The Balaban J connectivity index is -0.00000000500. The van der Waals surface area contributed by atoms with Gasteiger partial charge in [0.1, 0.15) is 0 Å². The predicted octanol–water partition coefficient (Wildman–Crippen LogP) is -0.883. The van der Waals surface area contributed by atoms with Crippen LogP contribution in [0.3, 0.4) is 0 Å². The molecule has 0 saturated heterocycles. The zero-order valence-electron chi connectivity index (χ0n) is 2.82. The van der Waals surface area contributed by atoms with Crippen molar-refractivity contribution < 1.29 is 23.2 Å². The molecule has 0 saturated carbocycles. The number of rotatable bonds is 0. The van der Waals surface area contributed by atoms with Crippen LogP contribution in [0.5, 0.6) is 0 Å². The summed E-state index contributed by atoms with van der Waals surface area (Å²) in [5, 5.41) is 0. The molecule has 0 aliphatic heterocycles. The molecular formula is KNaOW. The van der Waals surface area contributed by atoms with Crippen molar-refractivity contribution in [1.82, 2.24) is 0 Å². The average Bonchev–Trinajstić information content (AvgIpc) is 1.00. The fourth-order valence-electron chi connectivity index (χ4n) is 0. The van der Waals surface area contributed by atoms with Crippen molar-refractivity contribution in [1.29, 1.82) is 0 Å². The van der Waals surface area contributed by atoms with Crippen LogP contribution in [0.4, 0.5) is 0 Å². The van der Waals surface area contributed by atoms with Gasteiger partial charge in [-0.25, -0.2) is 0 Å². The van der Waals surface area contributed by atoms with Gasteiger partial charge < -0.3 is 0 Å². The SMILES string of the molecule is [K].[Na].[O]=[W]. The molecule has 0 bridgehead atoms. The van der Waals surface area contributed by atoms with Crippen LogP contribution < -0.4 is 0 Å². The molecule has 0 aromatic rings. The molecule has 0 rings (SSSR count). The molecule has 4 heavy (non-hydrogen) atoms. The summed E-state index contributed by atoms with van der Waals surface area (Å²) in [6, 6.07) is 0. The van der Waals surface area contributed by atoms with Gasteiger partial charge in [0.15, 0.2) is 0 Å². The van der Waals surface area contributed by atoms with E-state index in [1.165, 1.54) is 0 Å². The van der Waals surface area contributed by atoms with Crippen LogP contribution in [0.25, 0.3) is 0 Å². The Hall–Kier alpha value is 3.12. The molecule has 0 N–H and O–H groups in total. The molecule has 14 valence electrons. The van der Waals surface area contributed by atoms with Gasteiger partial charge in [0, 0.05) is 80.9 Å². The van der Waals surface area contributed by atoms with Crippen molar-refractivity contribution in [2.45, 2.75) is 0 Å². The fourth-order valence-corrected chi connectivity index (χ4v) is 0. The molecule has 0 aliphatic rings. The zero-order valence-corrected chi connectivity index (χ0v) is 10.9. The molecule has 4 heteroatoms. The normalized spacial score (nSPS) is 1.00. The van der Waals surface area contributed by atoms with Gasteiger partial charge in [-0.2, -0.15) is 0 Å². The third-order valence-corrected chi connectivity index (χ3v) is 0. The fraction of sp³-hybridized carbons (Fsp3) is 0. The van der Waals surface area contributed by atoms with E-state index in [1.54, 1.807) is 0 Å². The topological polar surface area (TPSA) is 17.1 Å². The first-order chi connectivity index (χ1) is 1.00. The Kier molecular flexibility index (Phi) is 64.7. The summed E-state index contributed by atoms with van der Waals surface area (Å²) in [6.07, 6.45) is 0. The van der Waals surface area contributed by atoms with Crippen molar-refractivity contribution in [2.75, 3.05) is 0 Å². The second-order valence-electron chi connectivity index (χ2n) is 0. The van der Waals surface area contributed by atoms with Crippen molar-refractivity contribution in [2.24, 2.45) is 0 Å². The molecule has 0 aromatic heterocycles. The van der Waals surface area contributed by atoms with Crippen LogP contribution in [0, 0.1) is 0 Å². The predicted molar refractivity (Wildman–Crippen MR) is 12.2 cm³/mol. The van der Waals surface area contributed by atoms with E-state index in [0.29, 0.717) is 19.8 Å². The van der Waals surface area contributed by atoms with Gasteiger partial charge in [0.2, 0.25) is 0 Å². The third-order valence-electron chi connectivity index (χ3n) is 0. The summed E-state index contributed by atoms with van der Waals surface area (Å²) in [4.78, 5) is 0. The molecule has 0 atom stereocenters. The van der Waals surface area contributed by atoms with E-state index < -0.39 is 0 Å². The summed E-state index contributed by atoms with van der Waals surface area (Å²) in [5.74, 6) is 0. The van der Waals surface area contributed by atoms with E-state index in [1.807, 2.05) is 0 Å². The number of hydrogen-bond acceptors (Lipinski definition) is 1. The molecule has 0 heterocycles. The van der Waals surface area contributed by atoms with Crippen LogP contribution in [0.15, 0.2) is 0 Å². The first-order valence-electron chi connectivity index (χ1n) is 0.167. The van der Waals surface area contributed by atoms with E-state index in [9.17, 15) is 0 Å². The first kappa shape index (κ1) is 15.7. The molecule has 0 amide bonds. The van der Waals surface area contributed by atoms with Gasteiger partial charge in [0.25, 0.3) is 0 Å². The van der Waals surface area contributed by atoms with Crippen LogP contribution in [0.1, 0.15) is 0 Å². The Bertz CT molecular complexity index is 8.00. The van der Waals surface area contributed by atoms with Crippen molar-refractivity contribution in [3.8, 4) is 0 Å². The summed E-state index contributed by atoms with van der Waals surface area (Å²) >= 11 is 0.333. The van der Waals surface area contributed by atoms with E-state index in [4.69, 9.17) is 3.40 Å². The van der Waals surface area contributed by atoms with Crippen molar-refractivity contribution in [3.63, 3.8) is 0 Å². The average molecular weight is 262 g/mol. The van der Waals surface area contributed by atoms with Gasteiger partial charge in [-0.05, 0) is 0 Å².